The quantitative estimate of drug-likeness (QED) is 0.496. The van der Waals surface area contributed by atoms with Crippen molar-refractivity contribution < 1.29 is 14.3 Å². The predicted molar refractivity (Wildman–Crippen MR) is 126 cm³/mol. The van der Waals surface area contributed by atoms with Gasteiger partial charge in [0.1, 0.15) is 22.8 Å². The van der Waals surface area contributed by atoms with E-state index in [1.54, 1.807) is 24.6 Å². The molecule has 2 aliphatic carbocycles. The number of carbonyl (C=O) groups excluding carboxylic acids is 1. The van der Waals surface area contributed by atoms with Gasteiger partial charge >= 0.3 is 0 Å². The molecule has 0 saturated heterocycles. The molecule has 0 spiro atoms. The lowest BCUT2D eigenvalue weighted by molar-refractivity contribution is 0.0380. The van der Waals surface area contributed by atoms with Crippen LogP contribution in [-0.4, -0.2) is 25.8 Å². The van der Waals surface area contributed by atoms with Gasteiger partial charge in [-0.1, -0.05) is 11.6 Å². The second-order valence-corrected chi connectivity index (χ2v) is 10.9. The molecular weight excluding hydrogens is 465 g/mol. The van der Waals surface area contributed by atoms with Crippen molar-refractivity contribution in [2.75, 3.05) is 11.1 Å². The first kappa shape index (κ1) is 22.3. The van der Waals surface area contributed by atoms with E-state index in [1.165, 1.54) is 22.9 Å². The fraction of sp³-hybridized carbons (Fsp3) is 0.435. The van der Waals surface area contributed by atoms with E-state index in [1.807, 2.05) is 6.92 Å². The molecule has 174 valence electrons. The van der Waals surface area contributed by atoms with Crippen LogP contribution in [0, 0.1) is 24.6 Å². The normalized spacial score (nSPS) is 26.5. The van der Waals surface area contributed by atoms with Gasteiger partial charge in [-0.2, -0.15) is 5.10 Å². The van der Waals surface area contributed by atoms with Gasteiger partial charge in [-0.25, -0.2) is 9.37 Å². The van der Waals surface area contributed by atoms with Gasteiger partial charge in [-0.15, -0.1) is 11.3 Å². The first-order chi connectivity index (χ1) is 15.6. The third-order valence-electron chi connectivity index (χ3n) is 7.03. The van der Waals surface area contributed by atoms with Crippen LogP contribution in [-0.2, 0) is 12.6 Å². The number of halogens is 2. The zero-order valence-electron chi connectivity index (χ0n) is 18.3. The van der Waals surface area contributed by atoms with Crippen LogP contribution in [0.2, 0.25) is 5.02 Å². The molecule has 4 N–H and O–H groups in total. The minimum atomic E-state index is -0.822. The predicted octanol–water partition coefficient (Wildman–Crippen LogP) is 4.60. The number of hydrogen-bond donors (Lipinski definition) is 3. The van der Waals surface area contributed by atoms with Crippen LogP contribution in [0.25, 0.3) is 0 Å². The molecule has 7 nitrogen and oxygen atoms in total. The van der Waals surface area contributed by atoms with Gasteiger partial charge in [0.2, 0.25) is 0 Å². The lowest BCUT2D eigenvalue weighted by Crippen LogP contribution is -2.22. The summed E-state index contributed by atoms with van der Waals surface area (Å²) < 4.78 is 15.0. The Balaban J connectivity index is 1.36. The first-order valence-corrected chi connectivity index (χ1v) is 12.1. The molecule has 0 bridgehead atoms. The zero-order chi connectivity index (χ0) is 23.5. The molecule has 5 rings (SSSR count). The number of anilines is 2. The Morgan fingerprint density at radius 3 is 2.67 bits per heavy atom. The maximum Gasteiger partial charge on any atom is 0.261 e. The number of amides is 1. The molecule has 0 radical (unpaired) electrons. The summed E-state index contributed by atoms with van der Waals surface area (Å²) in [6.45, 7) is 1.95. The van der Waals surface area contributed by atoms with Crippen molar-refractivity contribution in [2.24, 2.45) is 18.9 Å². The van der Waals surface area contributed by atoms with Crippen LogP contribution in [0.15, 0.2) is 24.4 Å². The average Bonchev–Trinajstić information content (AvgIpc) is 3.48. The van der Waals surface area contributed by atoms with E-state index in [0.717, 1.165) is 22.7 Å². The standard InChI is InChI=1S/C23H25ClFN5O2S/c1-11-27-10-18(33-11)23(32)8-13-5-12(6-14(13)9-23)20-19(21(26)30(2)29-20)22(31)28-15-3-4-17(25)16(24)7-15/h3-4,7,10,12-14,32H,5-6,8-9,26H2,1-2H3,(H,28,31). The van der Waals surface area contributed by atoms with Crippen LogP contribution in [0.1, 0.15) is 57.5 Å². The van der Waals surface area contributed by atoms with E-state index in [-0.39, 0.29) is 16.8 Å². The number of aliphatic hydroxyl groups is 1. The Morgan fingerprint density at radius 2 is 2.06 bits per heavy atom. The molecule has 2 aromatic heterocycles. The number of aryl methyl sites for hydroxylation is 2. The van der Waals surface area contributed by atoms with E-state index < -0.39 is 17.3 Å². The second kappa shape index (κ2) is 8.07. The molecule has 2 heterocycles. The largest absolute Gasteiger partial charge is 0.384 e. The monoisotopic (exact) mass is 489 g/mol. The van der Waals surface area contributed by atoms with Crippen LogP contribution >= 0.6 is 22.9 Å². The first-order valence-electron chi connectivity index (χ1n) is 10.9. The van der Waals surface area contributed by atoms with Gasteiger partial charge in [0, 0.05) is 24.8 Å². The highest BCUT2D eigenvalue weighted by molar-refractivity contribution is 7.11. The summed E-state index contributed by atoms with van der Waals surface area (Å²) in [5.74, 6) is 0.0993. The lowest BCUT2D eigenvalue weighted by atomic mass is 9.91. The number of nitrogens with one attached hydrogen (secondary N) is 1. The molecule has 2 aliphatic rings. The molecule has 2 unspecified atom stereocenters. The number of fused-ring (bicyclic) bond motifs is 1. The number of rotatable bonds is 4. The number of nitrogens with two attached hydrogens (primary N) is 1. The number of benzene rings is 1. The van der Waals surface area contributed by atoms with Crippen LogP contribution in [0.4, 0.5) is 15.9 Å². The highest BCUT2D eigenvalue weighted by Gasteiger charge is 2.51. The van der Waals surface area contributed by atoms with Crippen molar-refractivity contribution in [3.8, 4) is 0 Å². The number of thiazole rings is 1. The minimum absolute atomic E-state index is 0.0700. The Labute approximate surface area is 199 Å². The van der Waals surface area contributed by atoms with Crippen LogP contribution in [0.3, 0.4) is 0 Å². The fourth-order valence-corrected chi connectivity index (χ4v) is 6.57. The Bertz CT molecular complexity index is 1230. The Hall–Kier alpha value is -2.49. The van der Waals surface area contributed by atoms with Gasteiger partial charge < -0.3 is 16.2 Å². The summed E-state index contributed by atoms with van der Waals surface area (Å²) in [6, 6.07) is 4.02. The van der Waals surface area contributed by atoms with Crippen LogP contribution in [0.5, 0.6) is 0 Å². The van der Waals surface area contributed by atoms with Crippen molar-refractivity contribution in [1.29, 1.82) is 0 Å². The van der Waals surface area contributed by atoms with Crippen molar-refractivity contribution in [3.05, 3.63) is 56.4 Å². The van der Waals surface area contributed by atoms with Crippen molar-refractivity contribution in [2.45, 2.75) is 44.1 Å². The van der Waals surface area contributed by atoms with Gasteiger partial charge in [0.05, 0.1) is 20.6 Å². The lowest BCUT2D eigenvalue weighted by Gasteiger charge is -2.23. The number of carbonyl (C=O) groups is 1. The second-order valence-electron chi connectivity index (χ2n) is 9.22. The maximum atomic E-state index is 13.5. The van der Waals surface area contributed by atoms with Gasteiger partial charge in [-0.05, 0) is 62.6 Å². The Kier molecular flexibility index (Phi) is 5.46. The summed E-state index contributed by atoms with van der Waals surface area (Å²) in [6.07, 6.45) is 4.84. The molecule has 10 heteroatoms. The summed E-state index contributed by atoms with van der Waals surface area (Å²) in [5, 5.41) is 19.5. The molecular formula is C23H25ClFN5O2S. The number of aromatic nitrogens is 3. The van der Waals surface area contributed by atoms with Crippen molar-refractivity contribution in [3.63, 3.8) is 0 Å². The number of nitrogen functional groups attached to an aromatic ring is 1. The third kappa shape index (κ3) is 3.92. The molecule has 33 heavy (non-hydrogen) atoms. The molecule has 1 amide bonds. The smallest absolute Gasteiger partial charge is 0.261 e. The van der Waals surface area contributed by atoms with E-state index in [4.69, 9.17) is 17.3 Å². The topological polar surface area (TPSA) is 106 Å². The van der Waals surface area contributed by atoms with Gasteiger partial charge in [-0.3, -0.25) is 9.48 Å². The fourth-order valence-electron chi connectivity index (χ4n) is 5.51. The molecule has 2 atom stereocenters. The highest BCUT2D eigenvalue weighted by atomic mass is 35.5. The van der Waals surface area contributed by atoms with Crippen molar-refractivity contribution >= 4 is 40.4 Å². The van der Waals surface area contributed by atoms with E-state index in [9.17, 15) is 14.3 Å². The van der Waals surface area contributed by atoms with E-state index in [2.05, 4.69) is 15.4 Å². The molecule has 1 aromatic carbocycles. The maximum absolute atomic E-state index is 13.5. The molecule has 2 saturated carbocycles. The van der Waals surface area contributed by atoms with Gasteiger partial charge in [0.15, 0.2) is 0 Å². The summed E-state index contributed by atoms with van der Waals surface area (Å²) in [7, 11) is 1.71. The average molecular weight is 490 g/mol. The van der Waals surface area contributed by atoms with Gasteiger partial charge in [0.25, 0.3) is 5.91 Å². The third-order valence-corrected chi connectivity index (χ3v) is 8.43. The SMILES string of the molecule is Cc1ncc(C2(O)CC3CC(c4nn(C)c(N)c4C(=O)Nc4ccc(F)c(Cl)c4)CC3C2)s1. The minimum Gasteiger partial charge on any atom is -0.384 e. The molecule has 3 aromatic rings. The van der Waals surface area contributed by atoms with E-state index in [0.29, 0.717) is 41.6 Å². The van der Waals surface area contributed by atoms with Crippen LogP contribution < -0.4 is 11.1 Å². The highest BCUT2D eigenvalue weighted by Crippen LogP contribution is 2.57. The summed E-state index contributed by atoms with van der Waals surface area (Å²) in [4.78, 5) is 18.4. The number of nitrogens with zero attached hydrogens (tertiary/aromatic N) is 3. The van der Waals surface area contributed by atoms with Crippen molar-refractivity contribution in [1.82, 2.24) is 14.8 Å². The Morgan fingerprint density at radius 1 is 1.36 bits per heavy atom. The molecule has 2 fully saturated rings. The molecule has 0 aliphatic heterocycles. The zero-order valence-corrected chi connectivity index (χ0v) is 19.9. The summed E-state index contributed by atoms with van der Waals surface area (Å²) >= 11 is 7.40. The van der Waals surface area contributed by atoms with E-state index >= 15 is 0 Å². The summed E-state index contributed by atoms with van der Waals surface area (Å²) in [5.41, 5.74) is 6.80. The number of hydrogen-bond acceptors (Lipinski definition) is 6.